The number of aromatic nitrogens is 2. The van der Waals surface area contributed by atoms with E-state index >= 15 is 0 Å². The van der Waals surface area contributed by atoms with E-state index in [4.69, 9.17) is 4.74 Å². The smallest absolute Gasteiger partial charge is 0.227 e. The summed E-state index contributed by atoms with van der Waals surface area (Å²) in [4.78, 5) is 14.3. The summed E-state index contributed by atoms with van der Waals surface area (Å²) in [6.07, 6.45) is 4.68. The third-order valence-electron chi connectivity index (χ3n) is 3.42. The topological polar surface area (TPSA) is 59.4 Å². The van der Waals surface area contributed by atoms with Crippen molar-refractivity contribution in [3.63, 3.8) is 0 Å². The van der Waals surface area contributed by atoms with Crippen molar-refractivity contribution in [3.05, 3.63) is 18.0 Å². The first-order chi connectivity index (χ1) is 9.20. The summed E-state index contributed by atoms with van der Waals surface area (Å²) in [7, 11) is 3.54. The minimum Gasteiger partial charge on any atom is -0.383 e. The average molecular weight is 266 g/mol. The number of nitrogens with one attached hydrogen (secondary N) is 1. The van der Waals surface area contributed by atoms with Gasteiger partial charge in [0.15, 0.2) is 0 Å². The molecule has 1 atom stereocenters. The number of aryl methyl sites for hydroxylation is 1. The lowest BCUT2D eigenvalue weighted by Gasteiger charge is -2.24. The monoisotopic (exact) mass is 266 g/mol. The standard InChI is InChI=1S/C13H22N4O2/c1-16-9-11(7-15-16)10-17(5-6-19-2)13(18)12-3-4-14-8-12/h7,9,12,14H,3-6,8,10H2,1-2H3. The second-order valence-electron chi connectivity index (χ2n) is 4.96. The average Bonchev–Trinajstić information content (AvgIpc) is 3.05. The fourth-order valence-corrected chi connectivity index (χ4v) is 2.37. The van der Waals surface area contributed by atoms with Gasteiger partial charge in [0.05, 0.1) is 18.7 Å². The second-order valence-corrected chi connectivity index (χ2v) is 4.96. The summed E-state index contributed by atoms with van der Waals surface area (Å²) >= 11 is 0. The Morgan fingerprint density at radius 2 is 2.53 bits per heavy atom. The first-order valence-electron chi connectivity index (χ1n) is 6.66. The third-order valence-corrected chi connectivity index (χ3v) is 3.42. The molecule has 0 saturated carbocycles. The number of nitrogens with zero attached hydrogens (tertiary/aromatic N) is 3. The van der Waals surface area contributed by atoms with Gasteiger partial charge in [-0.2, -0.15) is 5.10 Å². The van der Waals surface area contributed by atoms with Crippen molar-refractivity contribution in [1.29, 1.82) is 0 Å². The Labute approximate surface area is 113 Å². The quantitative estimate of drug-likeness (QED) is 0.787. The molecular formula is C13H22N4O2. The summed E-state index contributed by atoms with van der Waals surface area (Å²) in [6, 6.07) is 0. The van der Waals surface area contributed by atoms with E-state index in [1.54, 1.807) is 18.0 Å². The number of hydrogen-bond acceptors (Lipinski definition) is 4. The van der Waals surface area contributed by atoms with Gasteiger partial charge < -0.3 is 15.0 Å². The molecule has 1 unspecified atom stereocenters. The Balaban J connectivity index is 1.99. The normalized spacial score (nSPS) is 18.7. The molecule has 1 aromatic heterocycles. The number of methoxy groups -OCH3 is 1. The van der Waals surface area contributed by atoms with Crippen LogP contribution in [0.3, 0.4) is 0 Å². The van der Waals surface area contributed by atoms with Gasteiger partial charge in [0.1, 0.15) is 0 Å². The van der Waals surface area contributed by atoms with E-state index in [0.29, 0.717) is 19.7 Å². The Morgan fingerprint density at radius 1 is 1.68 bits per heavy atom. The van der Waals surface area contributed by atoms with Crippen LogP contribution in [-0.4, -0.2) is 53.9 Å². The lowest BCUT2D eigenvalue weighted by Crippen LogP contribution is -2.38. The molecule has 1 aliphatic heterocycles. The van der Waals surface area contributed by atoms with Crippen LogP contribution in [0.2, 0.25) is 0 Å². The molecule has 1 aromatic rings. The molecule has 19 heavy (non-hydrogen) atoms. The molecule has 0 bridgehead atoms. The molecule has 1 fully saturated rings. The maximum absolute atomic E-state index is 12.5. The van der Waals surface area contributed by atoms with Crippen molar-refractivity contribution in [2.75, 3.05) is 33.4 Å². The summed E-state index contributed by atoms with van der Waals surface area (Å²) in [5.41, 5.74) is 1.05. The largest absolute Gasteiger partial charge is 0.383 e. The van der Waals surface area contributed by atoms with Gasteiger partial charge >= 0.3 is 0 Å². The molecule has 6 heteroatoms. The third kappa shape index (κ3) is 3.78. The number of ether oxygens (including phenoxy) is 1. The van der Waals surface area contributed by atoms with Crippen LogP contribution in [0.1, 0.15) is 12.0 Å². The van der Waals surface area contributed by atoms with Gasteiger partial charge in [-0.15, -0.1) is 0 Å². The highest BCUT2D eigenvalue weighted by Crippen LogP contribution is 2.14. The number of amides is 1. The van der Waals surface area contributed by atoms with Crippen LogP contribution in [0, 0.1) is 5.92 Å². The molecule has 2 rings (SSSR count). The SMILES string of the molecule is COCCN(Cc1cnn(C)c1)C(=O)C1CCNC1. The molecule has 6 nitrogen and oxygen atoms in total. The highest BCUT2D eigenvalue weighted by Gasteiger charge is 2.27. The summed E-state index contributed by atoms with van der Waals surface area (Å²) in [5, 5.41) is 7.38. The Morgan fingerprint density at radius 3 is 3.11 bits per heavy atom. The number of rotatable bonds is 6. The predicted octanol–water partition coefficient (Wildman–Crippen LogP) is 0.00460. The zero-order valence-corrected chi connectivity index (χ0v) is 11.6. The van der Waals surface area contributed by atoms with Crippen molar-refractivity contribution in [3.8, 4) is 0 Å². The summed E-state index contributed by atoms with van der Waals surface area (Å²) in [6.45, 7) is 3.51. The van der Waals surface area contributed by atoms with Crippen molar-refractivity contribution in [1.82, 2.24) is 20.0 Å². The van der Waals surface area contributed by atoms with E-state index in [1.807, 2.05) is 18.1 Å². The van der Waals surface area contributed by atoms with Gasteiger partial charge in [-0.05, 0) is 13.0 Å². The first kappa shape index (κ1) is 14.0. The Kier molecular flexibility index (Phi) is 4.93. The van der Waals surface area contributed by atoms with E-state index in [1.165, 1.54) is 0 Å². The van der Waals surface area contributed by atoms with E-state index in [-0.39, 0.29) is 11.8 Å². The molecular weight excluding hydrogens is 244 g/mol. The van der Waals surface area contributed by atoms with Crippen LogP contribution < -0.4 is 5.32 Å². The van der Waals surface area contributed by atoms with Gasteiger partial charge in [0, 0.05) is 45.6 Å². The van der Waals surface area contributed by atoms with E-state index < -0.39 is 0 Å². The molecule has 0 aliphatic carbocycles. The lowest BCUT2D eigenvalue weighted by atomic mass is 10.1. The van der Waals surface area contributed by atoms with Crippen LogP contribution in [0.5, 0.6) is 0 Å². The summed E-state index contributed by atoms with van der Waals surface area (Å²) in [5.74, 6) is 0.319. The predicted molar refractivity (Wildman–Crippen MR) is 71.5 cm³/mol. The van der Waals surface area contributed by atoms with Crippen LogP contribution in [-0.2, 0) is 23.1 Å². The fraction of sp³-hybridized carbons (Fsp3) is 0.692. The van der Waals surface area contributed by atoms with Crippen molar-refractivity contribution >= 4 is 5.91 Å². The van der Waals surface area contributed by atoms with Gasteiger partial charge in [-0.25, -0.2) is 0 Å². The zero-order chi connectivity index (χ0) is 13.7. The van der Waals surface area contributed by atoms with Gasteiger partial charge in [-0.3, -0.25) is 9.48 Å². The number of carbonyl (C=O) groups is 1. The molecule has 2 heterocycles. The minimum atomic E-state index is 0.105. The van der Waals surface area contributed by atoms with Gasteiger partial charge in [0.25, 0.3) is 0 Å². The first-order valence-corrected chi connectivity index (χ1v) is 6.66. The van der Waals surface area contributed by atoms with Gasteiger partial charge in [-0.1, -0.05) is 0 Å². The number of carbonyl (C=O) groups excluding carboxylic acids is 1. The molecule has 1 saturated heterocycles. The van der Waals surface area contributed by atoms with Crippen LogP contribution in [0.4, 0.5) is 0 Å². The van der Waals surface area contributed by atoms with Crippen molar-refractivity contribution in [2.24, 2.45) is 13.0 Å². The fourth-order valence-electron chi connectivity index (χ4n) is 2.37. The molecule has 0 radical (unpaired) electrons. The highest BCUT2D eigenvalue weighted by molar-refractivity contribution is 5.79. The van der Waals surface area contributed by atoms with Crippen molar-refractivity contribution in [2.45, 2.75) is 13.0 Å². The summed E-state index contributed by atoms with van der Waals surface area (Å²) < 4.78 is 6.85. The van der Waals surface area contributed by atoms with Crippen LogP contribution in [0.15, 0.2) is 12.4 Å². The maximum atomic E-state index is 12.5. The highest BCUT2D eigenvalue weighted by atomic mass is 16.5. The van der Waals surface area contributed by atoms with Crippen LogP contribution in [0.25, 0.3) is 0 Å². The molecule has 0 aromatic carbocycles. The van der Waals surface area contributed by atoms with E-state index in [0.717, 1.165) is 25.1 Å². The van der Waals surface area contributed by atoms with Crippen LogP contribution >= 0.6 is 0 Å². The molecule has 1 N–H and O–H groups in total. The van der Waals surface area contributed by atoms with Gasteiger partial charge in [0.2, 0.25) is 5.91 Å². The molecule has 1 amide bonds. The van der Waals surface area contributed by atoms with E-state index in [2.05, 4.69) is 10.4 Å². The molecule has 1 aliphatic rings. The second kappa shape index (κ2) is 6.68. The Hall–Kier alpha value is -1.40. The number of hydrogen-bond donors (Lipinski definition) is 1. The van der Waals surface area contributed by atoms with E-state index in [9.17, 15) is 4.79 Å². The van der Waals surface area contributed by atoms with Crippen molar-refractivity contribution < 1.29 is 9.53 Å². The zero-order valence-electron chi connectivity index (χ0n) is 11.6. The minimum absolute atomic E-state index is 0.105. The lowest BCUT2D eigenvalue weighted by molar-refractivity contribution is -0.136. The Bertz CT molecular complexity index is 413. The molecule has 0 spiro atoms. The molecule has 106 valence electrons. The maximum Gasteiger partial charge on any atom is 0.227 e.